The Bertz CT molecular complexity index is 1000. The number of carbonyl (C=O) groups excluding carboxylic acids is 1. The standard InChI is InChI=1S/C21H20F2N2O4/c1-2-3-9-27-14-6-4-5-13(10-14)17-11-15(29-25-17)12-28-18-8-7-16(22)19(20(18)23)21(24)26/h4-8,10-11H,2-3,9,12H2,1H3,(H2,24,26). The average Bonchev–Trinajstić information content (AvgIpc) is 3.17. The van der Waals surface area contributed by atoms with E-state index in [9.17, 15) is 13.6 Å². The van der Waals surface area contributed by atoms with Gasteiger partial charge in [0.15, 0.2) is 17.3 Å². The second-order valence-corrected chi connectivity index (χ2v) is 6.30. The second kappa shape index (κ2) is 9.18. The van der Waals surface area contributed by atoms with Crippen LogP contribution in [0.5, 0.6) is 11.5 Å². The lowest BCUT2D eigenvalue weighted by atomic mass is 10.1. The number of nitrogens with two attached hydrogens (primary N) is 1. The number of nitrogens with zero attached hydrogens (tertiary/aromatic N) is 1. The quantitative estimate of drug-likeness (QED) is 0.533. The minimum Gasteiger partial charge on any atom is -0.494 e. The molecule has 0 fully saturated rings. The lowest BCUT2D eigenvalue weighted by Gasteiger charge is -2.08. The molecule has 1 heterocycles. The maximum Gasteiger partial charge on any atom is 0.254 e. The van der Waals surface area contributed by atoms with E-state index in [4.69, 9.17) is 19.7 Å². The molecule has 0 saturated carbocycles. The third kappa shape index (κ3) is 4.90. The highest BCUT2D eigenvalue weighted by Gasteiger charge is 2.19. The van der Waals surface area contributed by atoms with Crippen molar-refractivity contribution in [1.29, 1.82) is 0 Å². The fourth-order valence-electron chi connectivity index (χ4n) is 2.62. The molecule has 0 radical (unpaired) electrons. The van der Waals surface area contributed by atoms with Gasteiger partial charge in [0.1, 0.15) is 29.4 Å². The normalized spacial score (nSPS) is 10.7. The van der Waals surface area contributed by atoms with Crippen LogP contribution in [0.25, 0.3) is 11.3 Å². The summed E-state index contributed by atoms with van der Waals surface area (Å²) < 4.78 is 43.9. The van der Waals surface area contributed by atoms with Crippen LogP contribution in [-0.4, -0.2) is 17.7 Å². The first-order chi connectivity index (χ1) is 14.0. The molecule has 0 atom stereocenters. The Balaban J connectivity index is 1.69. The zero-order valence-corrected chi connectivity index (χ0v) is 15.8. The number of amides is 1. The van der Waals surface area contributed by atoms with Crippen LogP contribution < -0.4 is 15.2 Å². The number of rotatable bonds is 9. The van der Waals surface area contributed by atoms with Crippen molar-refractivity contribution < 1.29 is 27.6 Å². The first-order valence-corrected chi connectivity index (χ1v) is 9.09. The van der Waals surface area contributed by atoms with Gasteiger partial charge < -0.3 is 19.7 Å². The molecular weight excluding hydrogens is 382 g/mol. The van der Waals surface area contributed by atoms with E-state index in [0.717, 1.165) is 36.3 Å². The maximum absolute atomic E-state index is 14.2. The SMILES string of the molecule is CCCCOc1cccc(-c2cc(COc3ccc(F)c(C(N)=O)c3F)on2)c1. The molecule has 0 bridgehead atoms. The molecule has 1 aromatic heterocycles. The molecule has 152 valence electrons. The first-order valence-electron chi connectivity index (χ1n) is 9.09. The van der Waals surface area contributed by atoms with Crippen LogP contribution in [0.3, 0.4) is 0 Å². The monoisotopic (exact) mass is 402 g/mol. The number of unbranched alkanes of at least 4 members (excludes halogenated alkanes) is 1. The molecule has 0 spiro atoms. The highest BCUT2D eigenvalue weighted by Crippen LogP contribution is 2.26. The molecule has 0 unspecified atom stereocenters. The summed E-state index contributed by atoms with van der Waals surface area (Å²) in [6, 6.07) is 11.0. The lowest BCUT2D eigenvalue weighted by Crippen LogP contribution is -2.16. The minimum absolute atomic E-state index is 0.166. The summed E-state index contributed by atoms with van der Waals surface area (Å²) in [7, 11) is 0. The van der Waals surface area contributed by atoms with Gasteiger partial charge in [-0.05, 0) is 30.7 Å². The summed E-state index contributed by atoms with van der Waals surface area (Å²) in [5.74, 6) is -2.69. The predicted molar refractivity (Wildman–Crippen MR) is 102 cm³/mol. The molecular formula is C21H20F2N2O4. The van der Waals surface area contributed by atoms with Crippen LogP contribution in [0.2, 0.25) is 0 Å². The molecule has 29 heavy (non-hydrogen) atoms. The van der Waals surface area contributed by atoms with Crippen LogP contribution in [0.1, 0.15) is 35.9 Å². The maximum atomic E-state index is 14.2. The van der Waals surface area contributed by atoms with Crippen molar-refractivity contribution in [2.45, 2.75) is 26.4 Å². The van der Waals surface area contributed by atoms with E-state index in [0.29, 0.717) is 18.1 Å². The first kappa shape index (κ1) is 20.3. The molecule has 0 saturated heterocycles. The topological polar surface area (TPSA) is 87.6 Å². The summed E-state index contributed by atoms with van der Waals surface area (Å²) in [5.41, 5.74) is 5.50. The summed E-state index contributed by atoms with van der Waals surface area (Å²) in [5, 5.41) is 3.98. The van der Waals surface area contributed by atoms with E-state index in [1.54, 1.807) is 6.07 Å². The summed E-state index contributed by atoms with van der Waals surface area (Å²) in [4.78, 5) is 11.2. The summed E-state index contributed by atoms with van der Waals surface area (Å²) in [6.07, 6.45) is 2.01. The van der Waals surface area contributed by atoms with E-state index >= 15 is 0 Å². The molecule has 3 aromatic rings. The van der Waals surface area contributed by atoms with Gasteiger partial charge in [-0.15, -0.1) is 0 Å². The molecule has 3 rings (SSSR count). The average molecular weight is 402 g/mol. The number of benzene rings is 2. The van der Waals surface area contributed by atoms with Crippen LogP contribution in [0.15, 0.2) is 47.0 Å². The molecule has 2 N–H and O–H groups in total. The van der Waals surface area contributed by atoms with Gasteiger partial charge >= 0.3 is 0 Å². The third-order valence-electron chi connectivity index (χ3n) is 4.13. The number of halogens is 2. The van der Waals surface area contributed by atoms with E-state index in [1.807, 2.05) is 24.3 Å². The Labute approximate surface area is 166 Å². The van der Waals surface area contributed by atoms with Gasteiger partial charge in [-0.1, -0.05) is 30.6 Å². The van der Waals surface area contributed by atoms with Gasteiger partial charge in [-0.3, -0.25) is 4.79 Å². The molecule has 8 heteroatoms. The van der Waals surface area contributed by atoms with Gasteiger partial charge in [-0.25, -0.2) is 8.78 Å². The number of aromatic nitrogens is 1. The number of hydrogen-bond acceptors (Lipinski definition) is 5. The number of ether oxygens (including phenoxy) is 2. The van der Waals surface area contributed by atoms with E-state index < -0.39 is 23.1 Å². The summed E-state index contributed by atoms with van der Waals surface area (Å²) in [6.45, 7) is 2.56. The Morgan fingerprint density at radius 1 is 1.17 bits per heavy atom. The van der Waals surface area contributed by atoms with Crippen LogP contribution in [-0.2, 0) is 6.61 Å². The minimum atomic E-state index is -1.21. The fourth-order valence-corrected chi connectivity index (χ4v) is 2.62. The van der Waals surface area contributed by atoms with Gasteiger partial charge in [0.05, 0.1) is 6.61 Å². The van der Waals surface area contributed by atoms with Crippen molar-refractivity contribution in [3.8, 4) is 22.8 Å². The van der Waals surface area contributed by atoms with Gasteiger partial charge in [0.2, 0.25) is 0 Å². The Morgan fingerprint density at radius 3 is 2.76 bits per heavy atom. The van der Waals surface area contributed by atoms with E-state index in [2.05, 4.69) is 12.1 Å². The Morgan fingerprint density at radius 2 is 2.00 bits per heavy atom. The van der Waals surface area contributed by atoms with Gasteiger partial charge in [0, 0.05) is 11.6 Å². The fraction of sp³-hybridized carbons (Fsp3) is 0.238. The Hall–Kier alpha value is -3.42. The molecule has 1 amide bonds. The summed E-state index contributed by atoms with van der Waals surface area (Å²) >= 11 is 0. The zero-order valence-electron chi connectivity index (χ0n) is 15.8. The highest BCUT2D eigenvalue weighted by atomic mass is 19.1. The molecule has 2 aromatic carbocycles. The third-order valence-corrected chi connectivity index (χ3v) is 4.13. The Kier molecular flexibility index (Phi) is 6.43. The van der Waals surface area contributed by atoms with Crippen LogP contribution >= 0.6 is 0 Å². The van der Waals surface area contributed by atoms with Crippen LogP contribution in [0.4, 0.5) is 8.78 Å². The molecule has 6 nitrogen and oxygen atoms in total. The van der Waals surface area contributed by atoms with E-state index in [-0.39, 0.29) is 12.4 Å². The van der Waals surface area contributed by atoms with Gasteiger partial charge in [0.25, 0.3) is 5.91 Å². The van der Waals surface area contributed by atoms with Gasteiger partial charge in [-0.2, -0.15) is 0 Å². The van der Waals surface area contributed by atoms with Crippen LogP contribution in [0, 0.1) is 11.6 Å². The number of carbonyl (C=O) groups is 1. The number of primary amides is 1. The predicted octanol–water partition coefficient (Wildman–Crippen LogP) is 4.48. The highest BCUT2D eigenvalue weighted by molar-refractivity contribution is 5.93. The largest absolute Gasteiger partial charge is 0.494 e. The number of hydrogen-bond donors (Lipinski definition) is 1. The van der Waals surface area contributed by atoms with Crippen molar-refractivity contribution in [3.63, 3.8) is 0 Å². The van der Waals surface area contributed by atoms with Crippen molar-refractivity contribution in [2.24, 2.45) is 5.73 Å². The van der Waals surface area contributed by atoms with Crippen molar-refractivity contribution in [1.82, 2.24) is 5.16 Å². The van der Waals surface area contributed by atoms with Crippen molar-refractivity contribution >= 4 is 5.91 Å². The lowest BCUT2D eigenvalue weighted by molar-refractivity contribution is 0.0991. The van der Waals surface area contributed by atoms with E-state index in [1.165, 1.54) is 0 Å². The zero-order chi connectivity index (χ0) is 20.8. The smallest absolute Gasteiger partial charge is 0.254 e. The molecule has 0 aliphatic rings. The van der Waals surface area contributed by atoms with Crippen molar-refractivity contribution in [2.75, 3.05) is 6.61 Å². The van der Waals surface area contributed by atoms with Crippen molar-refractivity contribution in [3.05, 3.63) is 65.4 Å². The molecule has 0 aliphatic heterocycles. The molecule has 0 aliphatic carbocycles. The second-order valence-electron chi connectivity index (χ2n) is 6.30.